The van der Waals surface area contributed by atoms with Gasteiger partial charge in [0.25, 0.3) is 10.0 Å². The topological polar surface area (TPSA) is 83.5 Å². The molecular weight excluding hydrogens is 378 g/mol. The van der Waals surface area contributed by atoms with Crippen molar-refractivity contribution in [2.75, 3.05) is 0 Å². The van der Waals surface area contributed by atoms with Gasteiger partial charge in [-0.2, -0.15) is 4.72 Å². The maximum absolute atomic E-state index is 12.5. The van der Waals surface area contributed by atoms with Crippen molar-refractivity contribution in [3.63, 3.8) is 0 Å². The lowest BCUT2D eigenvalue weighted by molar-refractivity contribution is -0.147. The molecule has 1 aliphatic carbocycles. The highest BCUT2D eigenvalue weighted by molar-refractivity contribution is 9.11. The largest absolute Gasteiger partial charge is 0.480 e. The number of carbonyl (C=O) groups is 1. The van der Waals surface area contributed by atoms with Crippen LogP contribution in [0, 0.1) is 12.8 Å². The second-order valence-electron chi connectivity index (χ2n) is 5.55. The van der Waals surface area contributed by atoms with Crippen LogP contribution in [0.4, 0.5) is 0 Å². The Morgan fingerprint density at radius 1 is 1.52 bits per heavy atom. The number of hydrogen-bond donors (Lipinski definition) is 2. The van der Waals surface area contributed by atoms with E-state index >= 15 is 0 Å². The van der Waals surface area contributed by atoms with Crippen LogP contribution >= 0.6 is 27.3 Å². The summed E-state index contributed by atoms with van der Waals surface area (Å²) in [7, 11) is -3.84. The van der Waals surface area contributed by atoms with Gasteiger partial charge in [0, 0.05) is 0 Å². The fraction of sp³-hybridized carbons (Fsp3) is 0.615. The van der Waals surface area contributed by atoms with Crippen LogP contribution in [-0.2, 0) is 14.8 Å². The van der Waals surface area contributed by atoms with Gasteiger partial charge in [0.05, 0.1) is 3.79 Å². The number of carboxylic acid groups (broad SMARTS) is 1. The number of rotatable bonds is 4. The summed E-state index contributed by atoms with van der Waals surface area (Å²) in [6.45, 7) is 3.60. The van der Waals surface area contributed by atoms with Crippen molar-refractivity contribution in [2.45, 2.75) is 49.3 Å². The molecule has 0 aliphatic heterocycles. The van der Waals surface area contributed by atoms with Gasteiger partial charge >= 0.3 is 5.97 Å². The molecule has 1 aliphatic rings. The van der Waals surface area contributed by atoms with E-state index in [2.05, 4.69) is 20.7 Å². The minimum absolute atomic E-state index is 0.144. The van der Waals surface area contributed by atoms with Crippen LogP contribution in [0.3, 0.4) is 0 Å². The molecular formula is C13H18BrNO4S2. The predicted molar refractivity (Wildman–Crippen MR) is 85.1 cm³/mol. The first-order valence-corrected chi connectivity index (χ1v) is 9.81. The van der Waals surface area contributed by atoms with Gasteiger partial charge in [-0.1, -0.05) is 19.8 Å². The maximum atomic E-state index is 12.5. The van der Waals surface area contributed by atoms with Gasteiger partial charge in [-0.15, -0.1) is 11.3 Å². The van der Waals surface area contributed by atoms with E-state index in [0.29, 0.717) is 19.3 Å². The van der Waals surface area contributed by atoms with Crippen molar-refractivity contribution in [1.82, 2.24) is 4.72 Å². The number of carboxylic acids is 1. The molecule has 0 spiro atoms. The zero-order valence-electron chi connectivity index (χ0n) is 11.8. The first-order valence-electron chi connectivity index (χ1n) is 6.72. The lowest BCUT2D eigenvalue weighted by atomic mass is 9.74. The van der Waals surface area contributed by atoms with Crippen molar-refractivity contribution in [2.24, 2.45) is 5.92 Å². The number of aliphatic carboxylic acids is 1. The van der Waals surface area contributed by atoms with Crippen molar-refractivity contribution in [1.29, 1.82) is 0 Å². The van der Waals surface area contributed by atoms with Gasteiger partial charge in [-0.25, -0.2) is 8.42 Å². The molecule has 21 heavy (non-hydrogen) atoms. The summed E-state index contributed by atoms with van der Waals surface area (Å²) in [4.78, 5) is 11.7. The number of thiophene rings is 1. The molecule has 2 unspecified atom stereocenters. The summed E-state index contributed by atoms with van der Waals surface area (Å²) >= 11 is 4.39. The van der Waals surface area contributed by atoms with Crippen LogP contribution in [-0.4, -0.2) is 25.0 Å². The Bertz CT molecular complexity index is 636. The Morgan fingerprint density at radius 3 is 2.67 bits per heavy atom. The summed E-state index contributed by atoms with van der Waals surface area (Å²) in [5.74, 6) is -1.33. The van der Waals surface area contributed by atoms with Crippen LogP contribution in [0.2, 0.25) is 0 Å². The standard InChI is InChI=1S/C13H18BrNO4S2/c1-8-7-10(20-11(8)14)21(18,19)15-13(12(16)17)6-4-3-5-9(13)2/h7,9,15H,3-6H2,1-2H3,(H,16,17). The Morgan fingerprint density at radius 2 is 2.19 bits per heavy atom. The van der Waals surface area contributed by atoms with Crippen molar-refractivity contribution in [3.05, 3.63) is 15.4 Å². The molecule has 8 heteroatoms. The molecule has 1 heterocycles. The number of hydrogen-bond acceptors (Lipinski definition) is 4. The van der Waals surface area contributed by atoms with E-state index in [1.807, 2.05) is 0 Å². The number of halogens is 1. The van der Waals surface area contributed by atoms with Gasteiger partial charge in [-0.3, -0.25) is 4.79 Å². The van der Waals surface area contributed by atoms with Crippen molar-refractivity contribution >= 4 is 43.3 Å². The van der Waals surface area contributed by atoms with Crippen LogP contribution in [0.15, 0.2) is 14.1 Å². The van der Waals surface area contributed by atoms with E-state index < -0.39 is 21.5 Å². The summed E-state index contributed by atoms with van der Waals surface area (Å²) in [5.41, 5.74) is -0.581. The molecule has 1 aromatic rings. The minimum Gasteiger partial charge on any atom is -0.480 e. The smallest absolute Gasteiger partial charge is 0.325 e. The number of nitrogens with one attached hydrogen (secondary N) is 1. The zero-order valence-corrected chi connectivity index (χ0v) is 15.1. The van der Waals surface area contributed by atoms with Gasteiger partial charge in [0.1, 0.15) is 9.75 Å². The lowest BCUT2D eigenvalue weighted by Gasteiger charge is -2.39. The fourth-order valence-corrected chi connectivity index (χ4v) is 6.42. The first kappa shape index (κ1) is 16.9. The monoisotopic (exact) mass is 395 g/mol. The highest BCUT2D eigenvalue weighted by atomic mass is 79.9. The summed E-state index contributed by atoms with van der Waals surface area (Å²) in [6.07, 6.45) is 2.68. The van der Waals surface area contributed by atoms with Crippen molar-refractivity contribution in [3.8, 4) is 0 Å². The summed E-state index contributed by atoms with van der Waals surface area (Å²) < 4.78 is 28.4. The molecule has 118 valence electrons. The second kappa shape index (κ2) is 5.98. The average molecular weight is 396 g/mol. The third-order valence-electron chi connectivity index (χ3n) is 4.10. The van der Waals surface area contributed by atoms with E-state index in [9.17, 15) is 18.3 Å². The molecule has 0 saturated heterocycles. The van der Waals surface area contributed by atoms with Gasteiger partial charge in [0.15, 0.2) is 0 Å². The van der Waals surface area contributed by atoms with Crippen molar-refractivity contribution < 1.29 is 18.3 Å². The molecule has 0 radical (unpaired) electrons. The Balaban J connectivity index is 2.38. The zero-order chi connectivity index (χ0) is 15.8. The first-order chi connectivity index (χ1) is 9.69. The molecule has 2 rings (SSSR count). The molecule has 2 N–H and O–H groups in total. The Kier molecular flexibility index (Phi) is 4.82. The quantitative estimate of drug-likeness (QED) is 0.819. The van der Waals surface area contributed by atoms with E-state index in [0.717, 1.165) is 27.1 Å². The molecule has 0 aromatic carbocycles. The molecule has 1 aromatic heterocycles. The SMILES string of the molecule is Cc1cc(S(=O)(=O)NC2(C(=O)O)CCCCC2C)sc1Br. The number of sulfonamides is 1. The van der Waals surface area contributed by atoms with Gasteiger partial charge in [0.2, 0.25) is 0 Å². The number of aryl methyl sites for hydroxylation is 1. The minimum atomic E-state index is -3.84. The molecule has 0 bridgehead atoms. The molecule has 0 amide bonds. The predicted octanol–water partition coefficient (Wildman–Crippen LogP) is 3.13. The molecule has 1 saturated carbocycles. The molecule has 2 atom stereocenters. The third-order valence-corrected chi connectivity index (χ3v) is 8.22. The van der Waals surface area contributed by atoms with E-state index in [1.165, 1.54) is 0 Å². The normalized spacial score (nSPS) is 26.7. The van der Waals surface area contributed by atoms with Crippen LogP contribution in [0.5, 0.6) is 0 Å². The maximum Gasteiger partial charge on any atom is 0.325 e. The summed E-state index contributed by atoms with van der Waals surface area (Å²) in [6, 6.07) is 1.56. The van der Waals surface area contributed by atoms with Gasteiger partial charge < -0.3 is 5.11 Å². The average Bonchev–Trinajstić information content (AvgIpc) is 2.73. The van der Waals surface area contributed by atoms with E-state index in [4.69, 9.17) is 0 Å². The Labute approximate surface area is 136 Å². The summed E-state index contributed by atoms with van der Waals surface area (Å²) in [5, 5.41) is 9.60. The third kappa shape index (κ3) is 3.18. The van der Waals surface area contributed by atoms with Crippen LogP contribution < -0.4 is 4.72 Å². The van der Waals surface area contributed by atoms with E-state index in [1.54, 1.807) is 19.9 Å². The lowest BCUT2D eigenvalue weighted by Crippen LogP contribution is -2.59. The highest BCUT2D eigenvalue weighted by Crippen LogP contribution is 2.37. The second-order valence-corrected chi connectivity index (χ2v) is 9.83. The molecule has 1 fully saturated rings. The molecule has 5 nitrogen and oxygen atoms in total. The van der Waals surface area contributed by atoms with Gasteiger partial charge in [-0.05, 0) is 53.2 Å². The highest BCUT2D eigenvalue weighted by Gasteiger charge is 2.48. The van der Waals surface area contributed by atoms with E-state index in [-0.39, 0.29) is 10.1 Å². The fourth-order valence-electron chi connectivity index (χ4n) is 2.71. The Hall–Kier alpha value is -0.440. The van der Waals surface area contributed by atoms with Crippen LogP contribution in [0.25, 0.3) is 0 Å². The van der Waals surface area contributed by atoms with Crippen LogP contribution in [0.1, 0.15) is 38.2 Å².